The van der Waals surface area contributed by atoms with Gasteiger partial charge >= 0.3 is 0 Å². The Bertz CT molecular complexity index is 422. The molecule has 1 aliphatic rings. The minimum atomic E-state index is 0.0547. The molecular weight excluding hydrogens is 214 g/mol. The van der Waals surface area contributed by atoms with Crippen molar-refractivity contribution in [2.75, 3.05) is 13.1 Å². The van der Waals surface area contributed by atoms with E-state index in [0.717, 1.165) is 31.5 Å². The standard InChI is InChI=1S/C14H19NO2/c1-3-7-14(9-15(10-14)11(2)16)12-5-4-6-13(17)8-12/h4-6,8,17H,3,7,9-10H2,1-2H3. The van der Waals surface area contributed by atoms with Crippen LogP contribution in [0, 0.1) is 0 Å². The third-order valence-electron chi connectivity index (χ3n) is 3.62. The van der Waals surface area contributed by atoms with Crippen molar-refractivity contribution < 1.29 is 9.90 Å². The fraction of sp³-hybridized carbons (Fsp3) is 0.500. The van der Waals surface area contributed by atoms with E-state index in [1.54, 1.807) is 13.0 Å². The molecule has 17 heavy (non-hydrogen) atoms. The van der Waals surface area contributed by atoms with Crippen molar-refractivity contribution in [2.45, 2.75) is 32.1 Å². The molecular formula is C14H19NO2. The molecule has 1 amide bonds. The minimum absolute atomic E-state index is 0.0547. The Morgan fingerprint density at radius 3 is 2.71 bits per heavy atom. The van der Waals surface area contributed by atoms with Crippen LogP contribution in [0.4, 0.5) is 0 Å². The van der Waals surface area contributed by atoms with Gasteiger partial charge in [-0.15, -0.1) is 0 Å². The molecule has 1 aliphatic heterocycles. The van der Waals surface area contributed by atoms with Gasteiger partial charge in [0.15, 0.2) is 0 Å². The van der Waals surface area contributed by atoms with E-state index in [4.69, 9.17) is 0 Å². The Morgan fingerprint density at radius 1 is 1.47 bits per heavy atom. The first-order valence-corrected chi connectivity index (χ1v) is 6.12. The number of rotatable bonds is 3. The first-order chi connectivity index (χ1) is 8.07. The summed E-state index contributed by atoms with van der Waals surface area (Å²) in [5, 5.41) is 9.56. The summed E-state index contributed by atoms with van der Waals surface area (Å²) in [7, 11) is 0. The van der Waals surface area contributed by atoms with Gasteiger partial charge in [-0.05, 0) is 24.1 Å². The molecule has 0 unspecified atom stereocenters. The van der Waals surface area contributed by atoms with E-state index in [1.807, 2.05) is 23.1 Å². The summed E-state index contributed by atoms with van der Waals surface area (Å²) in [6.07, 6.45) is 2.14. The Morgan fingerprint density at radius 2 is 2.18 bits per heavy atom. The summed E-state index contributed by atoms with van der Waals surface area (Å²) in [6.45, 7) is 5.32. The van der Waals surface area contributed by atoms with Crippen LogP contribution in [-0.2, 0) is 10.2 Å². The Balaban J connectivity index is 2.22. The molecule has 2 rings (SSSR count). The van der Waals surface area contributed by atoms with Crippen molar-refractivity contribution in [2.24, 2.45) is 0 Å². The number of nitrogens with zero attached hydrogens (tertiary/aromatic N) is 1. The summed E-state index contributed by atoms with van der Waals surface area (Å²) < 4.78 is 0. The number of hydrogen-bond donors (Lipinski definition) is 1. The molecule has 92 valence electrons. The SMILES string of the molecule is CCCC1(c2cccc(O)c2)CN(C(C)=O)C1. The molecule has 1 saturated heterocycles. The fourth-order valence-corrected chi connectivity index (χ4v) is 2.71. The lowest BCUT2D eigenvalue weighted by Crippen LogP contribution is -2.60. The molecule has 0 aliphatic carbocycles. The van der Waals surface area contributed by atoms with Crippen molar-refractivity contribution in [3.8, 4) is 5.75 Å². The number of carbonyl (C=O) groups is 1. The number of aromatic hydroxyl groups is 1. The minimum Gasteiger partial charge on any atom is -0.508 e. The second-order valence-corrected chi connectivity index (χ2v) is 4.96. The summed E-state index contributed by atoms with van der Waals surface area (Å²) in [4.78, 5) is 13.2. The molecule has 0 spiro atoms. The molecule has 3 nitrogen and oxygen atoms in total. The first-order valence-electron chi connectivity index (χ1n) is 6.12. The van der Waals surface area contributed by atoms with Crippen LogP contribution in [0.2, 0.25) is 0 Å². The van der Waals surface area contributed by atoms with E-state index in [0.29, 0.717) is 5.75 Å². The van der Waals surface area contributed by atoms with Crippen LogP contribution in [0.3, 0.4) is 0 Å². The quantitative estimate of drug-likeness (QED) is 0.870. The lowest BCUT2D eigenvalue weighted by atomic mass is 9.70. The molecule has 0 saturated carbocycles. The van der Waals surface area contributed by atoms with Gasteiger partial charge in [0.25, 0.3) is 0 Å². The summed E-state index contributed by atoms with van der Waals surface area (Å²) in [5.74, 6) is 0.441. The van der Waals surface area contributed by atoms with Gasteiger partial charge < -0.3 is 10.0 Å². The van der Waals surface area contributed by atoms with E-state index in [2.05, 4.69) is 6.92 Å². The predicted octanol–water partition coefficient (Wildman–Crippen LogP) is 2.29. The highest BCUT2D eigenvalue weighted by atomic mass is 16.3. The fourth-order valence-electron chi connectivity index (χ4n) is 2.71. The number of amides is 1. The first kappa shape index (κ1) is 12.0. The van der Waals surface area contributed by atoms with Gasteiger partial charge in [-0.3, -0.25) is 4.79 Å². The maximum atomic E-state index is 11.3. The van der Waals surface area contributed by atoms with Crippen LogP contribution < -0.4 is 0 Å². The zero-order valence-corrected chi connectivity index (χ0v) is 10.4. The highest BCUT2D eigenvalue weighted by Gasteiger charge is 2.44. The van der Waals surface area contributed by atoms with Crippen LogP contribution in [0.25, 0.3) is 0 Å². The molecule has 1 fully saturated rings. The Hall–Kier alpha value is -1.51. The molecule has 0 bridgehead atoms. The van der Waals surface area contributed by atoms with Crippen molar-refractivity contribution in [3.05, 3.63) is 29.8 Å². The normalized spacial score (nSPS) is 17.6. The average Bonchev–Trinajstić information content (AvgIpc) is 2.22. The number of carbonyl (C=O) groups excluding carboxylic acids is 1. The topological polar surface area (TPSA) is 40.5 Å². The van der Waals surface area contributed by atoms with E-state index in [1.165, 1.54) is 0 Å². The van der Waals surface area contributed by atoms with Crippen molar-refractivity contribution in [1.82, 2.24) is 4.90 Å². The highest BCUT2D eigenvalue weighted by molar-refractivity contribution is 5.75. The van der Waals surface area contributed by atoms with E-state index >= 15 is 0 Å². The maximum absolute atomic E-state index is 11.3. The number of benzene rings is 1. The van der Waals surface area contributed by atoms with E-state index < -0.39 is 0 Å². The van der Waals surface area contributed by atoms with Gasteiger partial charge in [0.1, 0.15) is 5.75 Å². The Kier molecular flexibility index (Phi) is 3.09. The van der Waals surface area contributed by atoms with Crippen LogP contribution in [0.15, 0.2) is 24.3 Å². The third kappa shape index (κ3) is 2.14. The molecule has 1 N–H and O–H groups in total. The zero-order valence-electron chi connectivity index (χ0n) is 10.4. The van der Waals surface area contributed by atoms with Crippen molar-refractivity contribution in [3.63, 3.8) is 0 Å². The average molecular weight is 233 g/mol. The number of phenolic OH excluding ortho intramolecular Hbond substituents is 1. The molecule has 1 aromatic carbocycles. The zero-order chi connectivity index (χ0) is 12.5. The molecule has 1 aromatic rings. The van der Waals surface area contributed by atoms with E-state index in [-0.39, 0.29) is 11.3 Å². The summed E-state index contributed by atoms with van der Waals surface area (Å²) in [6, 6.07) is 7.43. The van der Waals surface area contributed by atoms with Gasteiger partial charge in [0.2, 0.25) is 5.91 Å². The number of likely N-dealkylation sites (tertiary alicyclic amines) is 1. The second kappa shape index (κ2) is 4.40. The van der Waals surface area contributed by atoms with Gasteiger partial charge in [-0.25, -0.2) is 0 Å². The van der Waals surface area contributed by atoms with Crippen molar-refractivity contribution >= 4 is 5.91 Å². The lowest BCUT2D eigenvalue weighted by Gasteiger charge is -2.50. The van der Waals surface area contributed by atoms with Crippen molar-refractivity contribution in [1.29, 1.82) is 0 Å². The van der Waals surface area contributed by atoms with Crippen LogP contribution in [0.1, 0.15) is 32.3 Å². The lowest BCUT2D eigenvalue weighted by molar-refractivity contribution is -0.136. The summed E-state index contributed by atoms with van der Waals surface area (Å²) >= 11 is 0. The van der Waals surface area contributed by atoms with Crippen LogP contribution in [0.5, 0.6) is 5.75 Å². The van der Waals surface area contributed by atoms with Gasteiger partial charge in [0.05, 0.1) is 0 Å². The van der Waals surface area contributed by atoms with Crippen LogP contribution >= 0.6 is 0 Å². The molecule has 3 heteroatoms. The smallest absolute Gasteiger partial charge is 0.219 e. The summed E-state index contributed by atoms with van der Waals surface area (Å²) in [5.41, 5.74) is 1.20. The van der Waals surface area contributed by atoms with E-state index in [9.17, 15) is 9.90 Å². The third-order valence-corrected chi connectivity index (χ3v) is 3.62. The van der Waals surface area contributed by atoms with Gasteiger partial charge in [0, 0.05) is 25.4 Å². The highest BCUT2D eigenvalue weighted by Crippen LogP contribution is 2.39. The second-order valence-electron chi connectivity index (χ2n) is 4.96. The monoisotopic (exact) mass is 233 g/mol. The predicted molar refractivity (Wildman–Crippen MR) is 66.9 cm³/mol. The molecule has 0 radical (unpaired) electrons. The maximum Gasteiger partial charge on any atom is 0.219 e. The Labute approximate surface area is 102 Å². The van der Waals surface area contributed by atoms with Gasteiger partial charge in [-0.2, -0.15) is 0 Å². The molecule has 0 aromatic heterocycles. The number of phenols is 1. The number of hydrogen-bond acceptors (Lipinski definition) is 2. The van der Waals surface area contributed by atoms with Gasteiger partial charge in [-0.1, -0.05) is 25.5 Å². The molecule has 0 atom stereocenters. The molecule has 1 heterocycles. The van der Waals surface area contributed by atoms with Crippen LogP contribution in [-0.4, -0.2) is 29.0 Å². The largest absolute Gasteiger partial charge is 0.508 e.